The van der Waals surface area contributed by atoms with Crippen molar-refractivity contribution in [1.82, 2.24) is 0 Å². The Hall–Kier alpha value is -0.910. The number of halogens is 1. The van der Waals surface area contributed by atoms with E-state index in [4.69, 9.17) is 0 Å². The lowest BCUT2D eigenvalue weighted by atomic mass is 10.2. The average Bonchev–Trinajstić information content (AvgIpc) is 2.45. The first-order valence-corrected chi connectivity index (χ1v) is 8.89. The van der Waals surface area contributed by atoms with Crippen LogP contribution in [0.2, 0.25) is 0 Å². The SMILES string of the molecule is CSc1ccc(CSc2cc(Br)ccc2C(=O)O)cc1. The minimum Gasteiger partial charge on any atom is -0.478 e. The van der Waals surface area contributed by atoms with Gasteiger partial charge in [-0.25, -0.2) is 4.79 Å². The van der Waals surface area contributed by atoms with Crippen LogP contribution in [0.3, 0.4) is 0 Å². The topological polar surface area (TPSA) is 37.3 Å². The highest BCUT2D eigenvalue weighted by molar-refractivity contribution is 9.10. The monoisotopic (exact) mass is 368 g/mol. The third-order valence-corrected chi connectivity index (χ3v) is 5.09. The summed E-state index contributed by atoms with van der Waals surface area (Å²) in [5, 5.41) is 9.19. The molecule has 0 aliphatic rings. The Morgan fingerprint density at radius 1 is 1.20 bits per heavy atom. The number of carbonyl (C=O) groups is 1. The van der Waals surface area contributed by atoms with Gasteiger partial charge in [0.05, 0.1) is 5.56 Å². The van der Waals surface area contributed by atoms with Crippen LogP contribution >= 0.6 is 39.5 Å². The summed E-state index contributed by atoms with van der Waals surface area (Å²) in [6.45, 7) is 0. The first-order valence-electron chi connectivity index (χ1n) is 5.88. The van der Waals surface area contributed by atoms with Gasteiger partial charge in [0.25, 0.3) is 0 Å². The lowest BCUT2D eigenvalue weighted by Crippen LogP contribution is -1.98. The lowest BCUT2D eigenvalue weighted by Gasteiger charge is -2.07. The van der Waals surface area contributed by atoms with E-state index in [1.54, 1.807) is 23.9 Å². The van der Waals surface area contributed by atoms with Crippen LogP contribution in [0.4, 0.5) is 0 Å². The van der Waals surface area contributed by atoms with Crippen LogP contribution in [0.25, 0.3) is 0 Å². The maximum absolute atomic E-state index is 11.2. The van der Waals surface area contributed by atoms with E-state index in [0.717, 1.165) is 15.1 Å². The van der Waals surface area contributed by atoms with Crippen LogP contribution < -0.4 is 0 Å². The smallest absolute Gasteiger partial charge is 0.336 e. The van der Waals surface area contributed by atoms with E-state index >= 15 is 0 Å². The van der Waals surface area contributed by atoms with Gasteiger partial charge in [-0.2, -0.15) is 0 Å². The third kappa shape index (κ3) is 4.04. The molecule has 2 aromatic carbocycles. The van der Waals surface area contributed by atoms with E-state index < -0.39 is 5.97 Å². The van der Waals surface area contributed by atoms with Gasteiger partial charge in [-0.05, 0) is 42.2 Å². The molecule has 0 atom stereocenters. The standard InChI is InChI=1S/C15H13BrO2S2/c1-19-12-5-2-10(3-6-12)9-20-14-8-11(16)4-7-13(14)15(17)18/h2-8H,9H2,1H3,(H,17,18). The van der Waals surface area contributed by atoms with Crippen molar-refractivity contribution in [3.63, 3.8) is 0 Å². The molecule has 0 unspecified atom stereocenters. The molecule has 0 bridgehead atoms. The highest BCUT2D eigenvalue weighted by atomic mass is 79.9. The molecule has 0 aromatic heterocycles. The van der Waals surface area contributed by atoms with Crippen molar-refractivity contribution < 1.29 is 9.90 Å². The fourth-order valence-electron chi connectivity index (χ4n) is 1.68. The fraction of sp³-hybridized carbons (Fsp3) is 0.133. The van der Waals surface area contributed by atoms with Crippen LogP contribution in [-0.2, 0) is 5.75 Å². The zero-order valence-electron chi connectivity index (χ0n) is 10.8. The second-order valence-corrected chi connectivity index (χ2v) is 6.89. The van der Waals surface area contributed by atoms with Crippen LogP contribution in [0.5, 0.6) is 0 Å². The largest absolute Gasteiger partial charge is 0.478 e. The van der Waals surface area contributed by atoms with Crippen molar-refractivity contribution in [2.75, 3.05) is 6.26 Å². The zero-order chi connectivity index (χ0) is 14.5. The molecule has 0 radical (unpaired) electrons. The second kappa shape index (κ2) is 7.20. The molecule has 0 fully saturated rings. The van der Waals surface area contributed by atoms with Gasteiger partial charge in [0.2, 0.25) is 0 Å². The molecule has 0 saturated carbocycles. The van der Waals surface area contributed by atoms with Crippen LogP contribution in [0, 0.1) is 0 Å². The van der Waals surface area contributed by atoms with E-state index in [-0.39, 0.29) is 0 Å². The predicted molar refractivity (Wildman–Crippen MR) is 88.9 cm³/mol. The van der Waals surface area contributed by atoms with Gasteiger partial charge in [0.15, 0.2) is 0 Å². The molecule has 0 spiro atoms. The Morgan fingerprint density at radius 2 is 1.90 bits per heavy atom. The maximum atomic E-state index is 11.2. The summed E-state index contributed by atoms with van der Waals surface area (Å²) in [5.41, 5.74) is 1.53. The molecule has 20 heavy (non-hydrogen) atoms. The highest BCUT2D eigenvalue weighted by Gasteiger charge is 2.11. The number of benzene rings is 2. The molecular weight excluding hydrogens is 356 g/mol. The average molecular weight is 369 g/mol. The minimum atomic E-state index is -0.891. The summed E-state index contributed by atoms with van der Waals surface area (Å²) < 4.78 is 0.891. The lowest BCUT2D eigenvalue weighted by molar-refractivity contribution is 0.0693. The molecule has 104 valence electrons. The van der Waals surface area contributed by atoms with Crippen LogP contribution in [0.15, 0.2) is 56.7 Å². The zero-order valence-corrected chi connectivity index (χ0v) is 14.0. The molecule has 0 heterocycles. The molecule has 0 aliphatic carbocycles. The summed E-state index contributed by atoms with van der Waals surface area (Å²) in [5.74, 6) is -0.136. The van der Waals surface area contributed by atoms with Crippen molar-refractivity contribution in [2.45, 2.75) is 15.5 Å². The van der Waals surface area contributed by atoms with E-state index in [1.807, 2.05) is 12.3 Å². The fourth-order valence-corrected chi connectivity index (χ4v) is 3.63. The van der Waals surface area contributed by atoms with Gasteiger partial charge in [0, 0.05) is 20.0 Å². The van der Waals surface area contributed by atoms with Crippen molar-refractivity contribution in [3.05, 3.63) is 58.1 Å². The van der Waals surface area contributed by atoms with E-state index in [9.17, 15) is 9.90 Å². The van der Waals surface area contributed by atoms with Gasteiger partial charge in [0.1, 0.15) is 0 Å². The quantitative estimate of drug-likeness (QED) is 0.739. The Labute approximate surface area is 135 Å². The molecular formula is C15H13BrO2S2. The van der Waals surface area contributed by atoms with Crippen molar-refractivity contribution in [2.24, 2.45) is 0 Å². The molecule has 5 heteroatoms. The number of aromatic carboxylic acids is 1. The van der Waals surface area contributed by atoms with E-state index in [1.165, 1.54) is 22.2 Å². The number of thioether (sulfide) groups is 2. The summed E-state index contributed by atoms with van der Waals surface area (Å²) in [4.78, 5) is 13.2. The number of hydrogen-bond acceptors (Lipinski definition) is 3. The summed E-state index contributed by atoms with van der Waals surface area (Å²) >= 11 is 6.63. The van der Waals surface area contributed by atoms with Crippen molar-refractivity contribution >= 4 is 45.4 Å². The molecule has 2 nitrogen and oxygen atoms in total. The number of carboxylic acid groups (broad SMARTS) is 1. The minimum absolute atomic E-state index is 0.346. The Morgan fingerprint density at radius 3 is 2.50 bits per heavy atom. The maximum Gasteiger partial charge on any atom is 0.336 e. The molecule has 0 saturated heterocycles. The number of rotatable bonds is 5. The third-order valence-electron chi connectivity index (χ3n) is 2.73. The van der Waals surface area contributed by atoms with Gasteiger partial charge < -0.3 is 5.11 Å². The molecule has 0 aliphatic heterocycles. The normalized spacial score (nSPS) is 10.5. The first kappa shape index (κ1) is 15.5. The molecule has 2 rings (SSSR count). The van der Waals surface area contributed by atoms with E-state index in [2.05, 4.69) is 40.2 Å². The summed E-state index contributed by atoms with van der Waals surface area (Å²) in [7, 11) is 0. The molecule has 1 N–H and O–H groups in total. The summed E-state index contributed by atoms with van der Waals surface area (Å²) in [6, 6.07) is 13.6. The van der Waals surface area contributed by atoms with Gasteiger partial charge in [-0.15, -0.1) is 23.5 Å². The Balaban J connectivity index is 2.13. The number of hydrogen-bond donors (Lipinski definition) is 1. The van der Waals surface area contributed by atoms with Gasteiger partial charge in [-0.1, -0.05) is 28.1 Å². The second-order valence-electron chi connectivity index (χ2n) is 4.08. The highest BCUT2D eigenvalue weighted by Crippen LogP contribution is 2.29. The first-order chi connectivity index (χ1) is 9.60. The van der Waals surface area contributed by atoms with Crippen molar-refractivity contribution in [1.29, 1.82) is 0 Å². The Kier molecular flexibility index (Phi) is 5.57. The predicted octanol–water partition coefficient (Wildman–Crippen LogP) is 5.16. The summed E-state index contributed by atoms with van der Waals surface area (Å²) in [6.07, 6.45) is 2.05. The van der Waals surface area contributed by atoms with Gasteiger partial charge in [-0.3, -0.25) is 0 Å². The van der Waals surface area contributed by atoms with Crippen LogP contribution in [-0.4, -0.2) is 17.3 Å². The van der Waals surface area contributed by atoms with Gasteiger partial charge >= 0.3 is 5.97 Å². The number of carboxylic acids is 1. The van der Waals surface area contributed by atoms with Crippen molar-refractivity contribution in [3.8, 4) is 0 Å². The molecule has 2 aromatic rings. The van der Waals surface area contributed by atoms with Crippen LogP contribution in [0.1, 0.15) is 15.9 Å². The molecule has 0 amide bonds. The van der Waals surface area contributed by atoms with E-state index in [0.29, 0.717) is 5.56 Å². The Bertz CT molecular complexity index is 612.